The van der Waals surface area contributed by atoms with Crippen molar-refractivity contribution in [2.24, 2.45) is 0 Å². The Balaban J connectivity index is 2.21. The summed E-state index contributed by atoms with van der Waals surface area (Å²) in [6.45, 7) is 1.59. The molecule has 2 unspecified atom stereocenters. The van der Waals surface area contributed by atoms with Crippen molar-refractivity contribution in [2.45, 2.75) is 25.6 Å². The second-order valence-corrected chi connectivity index (χ2v) is 5.00. The number of aliphatic hydroxyl groups is 2. The summed E-state index contributed by atoms with van der Waals surface area (Å²) in [4.78, 5) is 38.2. The van der Waals surface area contributed by atoms with Gasteiger partial charge in [0.25, 0.3) is 5.56 Å². The maximum Gasteiger partial charge on any atom is 0.326 e. The molecule has 0 fully saturated rings. The lowest BCUT2D eigenvalue weighted by molar-refractivity contribution is -0.119. The van der Waals surface area contributed by atoms with E-state index in [1.54, 1.807) is 0 Å². The average molecular weight is 307 g/mol. The lowest BCUT2D eigenvalue weighted by Gasteiger charge is -2.18. The molecule has 0 aliphatic rings. The Labute approximate surface area is 124 Å². The predicted molar refractivity (Wildman–Crippen MR) is 79.5 cm³/mol. The highest BCUT2D eigenvalue weighted by Gasteiger charge is 2.19. The molecule has 1 amide bonds. The number of H-pyrrole nitrogens is 2. The molecule has 8 heteroatoms. The first-order chi connectivity index (χ1) is 10.4. The zero-order valence-corrected chi connectivity index (χ0v) is 11.9. The summed E-state index contributed by atoms with van der Waals surface area (Å²) in [5.74, 6) is -0.220. The zero-order valence-electron chi connectivity index (χ0n) is 11.9. The summed E-state index contributed by atoms with van der Waals surface area (Å²) >= 11 is 0. The van der Waals surface area contributed by atoms with Gasteiger partial charge in [0, 0.05) is 13.5 Å². The number of benzene rings is 1. The van der Waals surface area contributed by atoms with Gasteiger partial charge in [0.05, 0.1) is 17.0 Å². The molecule has 2 atom stereocenters. The molecule has 5 N–H and O–H groups in total. The van der Waals surface area contributed by atoms with E-state index in [9.17, 15) is 24.6 Å². The molecule has 2 aromatic rings. The first-order valence-corrected chi connectivity index (χ1v) is 6.75. The third-order valence-electron chi connectivity index (χ3n) is 3.28. The van der Waals surface area contributed by atoms with Crippen LogP contribution in [0.1, 0.15) is 25.0 Å². The van der Waals surface area contributed by atoms with Crippen LogP contribution in [0.3, 0.4) is 0 Å². The molecule has 2 rings (SSSR count). The number of aromatic amines is 2. The van der Waals surface area contributed by atoms with Gasteiger partial charge >= 0.3 is 5.69 Å². The van der Waals surface area contributed by atoms with Crippen LogP contribution >= 0.6 is 0 Å². The summed E-state index contributed by atoms with van der Waals surface area (Å²) in [6.07, 6.45) is -2.13. The number of aromatic nitrogens is 2. The molecule has 1 aromatic carbocycles. The van der Waals surface area contributed by atoms with Gasteiger partial charge in [0.15, 0.2) is 0 Å². The van der Waals surface area contributed by atoms with E-state index in [-0.39, 0.29) is 24.3 Å². The highest BCUT2D eigenvalue weighted by atomic mass is 16.3. The van der Waals surface area contributed by atoms with Crippen molar-refractivity contribution in [3.63, 3.8) is 0 Å². The highest BCUT2D eigenvalue weighted by Crippen LogP contribution is 2.21. The van der Waals surface area contributed by atoms with Gasteiger partial charge < -0.3 is 20.5 Å². The van der Waals surface area contributed by atoms with E-state index in [2.05, 4.69) is 15.3 Å². The van der Waals surface area contributed by atoms with Crippen molar-refractivity contribution in [1.82, 2.24) is 15.3 Å². The molecule has 0 saturated heterocycles. The number of hydrogen-bond acceptors (Lipinski definition) is 5. The van der Waals surface area contributed by atoms with Crippen molar-refractivity contribution < 1.29 is 15.0 Å². The molecule has 22 heavy (non-hydrogen) atoms. The average Bonchev–Trinajstić information content (AvgIpc) is 2.45. The van der Waals surface area contributed by atoms with Crippen molar-refractivity contribution in [2.75, 3.05) is 6.54 Å². The number of fused-ring (bicyclic) bond motifs is 1. The fraction of sp³-hybridized carbons (Fsp3) is 0.357. The van der Waals surface area contributed by atoms with Crippen molar-refractivity contribution in [1.29, 1.82) is 0 Å². The SMILES string of the molecule is CC(=O)NCCC(O)C(O)c1ccc2[nH]c(=O)[nH]c(=O)c2c1. The maximum absolute atomic E-state index is 11.7. The summed E-state index contributed by atoms with van der Waals surface area (Å²) in [7, 11) is 0. The van der Waals surface area contributed by atoms with E-state index in [4.69, 9.17) is 0 Å². The predicted octanol–water partition coefficient (Wildman–Crippen LogP) is -0.863. The number of nitrogens with one attached hydrogen (secondary N) is 3. The van der Waals surface area contributed by atoms with Crippen LogP contribution in [-0.4, -0.2) is 38.7 Å². The first-order valence-electron chi connectivity index (χ1n) is 6.75. The molecule has 0 spiro atoms. The van der Waals surface area contributed by atoms with Gasteiger partial charge in [-0.15, -0.1) is 0 Å². The molecule has 118 valence electrons. The van der Waals surface area contributed by atoms with E-state index in [1.807, 2.05) is 0 Å². The topological polar surface area (TPSA) is 135 Å². The van der Waals surface area contributed by atoms with Crippen molar-refractivity contribution >= 4 is 16.8 Å². The van der Waals surface area contributed by atoms with Gasteiger partial charge in [-0.1, -0.05) is 6.07 Å². The fourth-order valence-corrected chi connectivity index (χ4v) is 2.14. The van der Waals surface area contributed by atoms with Crippen LogP contribution in [0.5, 0.6) is 0 Å². The summed E-state index contributed by atoms with van der Waals surface area (Å²) in [5, 5.41) is 22.8. The van der Waals surface area contributed by atoms with Crippen LogP contribution in [0.2, 0.25) is 0 Å². The highest BCUT2D eigenvalue weighted by molar-refractivity contribution is 5.78. The molecule has 1 heterocycles. The lowest BCUT2D eigenvalue weighted by atomic mass is 10.0. The molecule has 0 aliphatic heterocycles. The van der Waals surface area contributed by atoms with Gasteiger partial charge in [-0.3, -0.25) is 14.6 Å². The van der Waals surface area contributed by atoms with Crippen molar-refractivity contribution in [3.8, 4) is 0 Å². The third kappa shape index (κ3) is 3.60. The van der Waals surface area contributed by atoms with E-state index in [1.165, 1.54) is 25.1 Å². The number of amides is 1. The third-order valence-corrected chi connectivity index (χ3v) is 3.28. The van der Waals surface area contributed by atoms with Crippen LogP contribution in [0.4, 0.5) is 0 Å². The summed E-state index contributed by atoms with van der Waals surface area (Å²) in [6, 6.07) is 4.42. The number of hydrogen-bond donors (Lipinski definition) is 5. The van der Waals surface area contributed by atoms with Crippen LogP contribution in [-0.2, 0) is 4.79 Å². The molecule has 8 nitrogen and oxygen atoms in total. The van der Waals surface area contributed by atoms with Crippen LogP contribution < -0.4 is 16.6 Å². The van der Waals surface area contributed by atoms with Crippen LogP contribution in [0.15, 0.2) is 27.8 Å². The van der Waals surface area contributed by atoms with E-state index < -0.39 is 23.5 Å². The number of carbonyl (C=O) groups is 1. The molecular formula is C14H17N3O5. The molecular weight excluding hydrogens is 290 g/mol. The second kappa shape index (κ2) is 6.54. The molecule has 0 radical (unpaired) electrons. The minimum atomic E-state index is -1.20. The van der Waals surface area contributed by atoms with E-state index in [0.717, 1.165) is 0 Å². The van der Waals surface area contributed by atoms with E-state index in [0.29, 0.717) is 11.1 Å². The van der Waals surface area contributed by atoms with Gasteiger partial charge in [-0.2, -0.15) is 0 Å². The Morgan fingerprint density at radius 2 is 2.00 bits per heavy atom. The fourth-order valence-electron chi connectivity index (χ4n) is 2.14. The standard InChI is InChI=1S/C14H17N3O5/c1-7(18)15-5-4-11(19)12(20)8-2-3-10-9(6-8)13(21)17-14(22)16-10/h2-3,6,11-12,19-20H,4-5H2,1H3,(H,15,18)(H2,16,17,21,22). The molecule has 0 bridgehead atoms. The minimum absolute atomic E-state index is 0.167. The van der Waals surface area contributed by atoms with Gasteiger partial charge in [0.1, 0.15) is 6.10 Å². The quantitative estimate of drug-likeness (QED) is 0.489. The lowest BCUT2D eigenvalue weighted by Crippen LogP contribution is -2.28. The van der Waals surface area contributed by atoms with Gasteiger partial charge in [-0.05, 0) is 24.1 Å². The number of carbonyl (C=O) groups excluding carboxylic acids is 1. The zero-order chi connectivity index (χ0) is 16.3. The normalized spacial score (nSPS) is 13.8. The first kappa shape index (κ1) is 15.9. The van der Waals surface area contributed by atoms with Crippen LogP contribution in [0, 0.1) is 0 Å². The monoisotopic (exact) mass is 307 g/mol. The van der Waals surface area contributed by atoms with Crippen molar-refractivity contribution in [3.05, 3.63) is 44.6 Å². The Kier molecular flexibility index (Phi) is 4.74. The molecule has 1 aromatic heterocycles. The Morgan fingerprint density at radius 1 is 1.27 bits per heavy atom. The summed E-state index contributed by atoms with van der Waals surface area (Å²) in [5.41, 5.74) is -0.487. The smallest absolute Gasteiger partial charge is 0.326 e. The van der Waals surface area contributed by atoms with E-state index >= 15 is 0 Å². The molecule has 0 saturated carbocycles. The van der Waals surface area contributed by atoms with Gasteiger partial charge in [0.2, 0.25) is 5.91 Å². The second-order valence-electron chi connectivity index (χ2n) is 5.00. The largest absolute Gasteiger partial charge is 0.390 e. The number of rotatable bonds is 5. The minimum Gasteiger partial charge on any atom is -0.390 e. The van der Waals surface area contributed by atoms with Crippen LogP contribution in [0.25, 0.3) is 10.9 Å². The Hall–Kier alpha value is -2.45. The van der Waals surface area contributed by atoms with Gasteiger partial charge in [-0.25, -0.2) is 4.79 Å². The maximum atomic E-state index is 11.7. The molecule has 0 aliphatic carbocycles. The number of aliphatic hydroxyl groups excluding tert-OH is 2. The summed E-state index contributed by atoms with van der Waals surface area (Å²) < 4.78 is 0. The Morgan fingerprint density at radius 3 is 2.68 bits per heavy atom. The Bertz CT molecular complexity index is 795.